The molecule has 2 aromatic rings. The zero-order valence-corrected chi connectivity index (χ0v) is 13.1. The van der Waals surface area contributed by atoms with Gasteiger partial charge in [-0.05, 0) is 41.3 Å². The molecule has 2 aromatic heterocycles. The predicted octanol–water partition coefficient (Wildman–Crippen LogP) is 2.68. The number of rotatable bonds is 2. The minimum Gasteiger partial charge on any atom is -0.346 e. The fraction of sp³-hybridized carbons (Fsp3) is 0.429. The number of pyridine rings is 1. The quantitative estimate of drug-likeness (QED) is 0.874. The van der Waals surface area contributed by atoms with Crippen molar-refractivity contribution in [2.75, 3.05) is 0 Å². The van der Waals surface area contributed by atoms with Crippen LogP contribution in [0.15, 0.2) is 22.1 Å². The number of aromatic nitrogens is 1. The van der Waals surface area contributed by atoms with Crippen molar-refractivity contribution in [2.45, 2.75) is 37.4 Å². The minimum absolute atomic E-state index is 0.0654. The summed E-state index contributed by atoms with van der Waals surface area (Å²) in [6, 6.07) is 3.16. The Hall–Kier alpha value is -0.980. The first-order chi connectivity index (χ1) is 9.70. The molecule has 2 fully saturated rings. The first-order valence-corrected chi connectivity index (χ1v) is 8.47. The Labute approximate surface area is 129 Å². The Kier molecular flexibility index (Phi) is 3.05. The number of carbonyl (C=O) groups is 1. The molecule has 2 aliphatic heterocycles. The SMILES string of the molecule is O=C(N[C@@H]1CC2CCC1N2)c1cc2c(Br)csc2cn1. The number of hydrogen-bond donors (Lipinski definition) is 2. The number of halogens is 1. The number of nitrogens with zero attached hydrogens (tertiary/aromatic N) is 1. The Morgan fingerprint density at radius 1 is 1.50 bits per heavy atom. The van der Waals surface area contributed by atoms with Crippen molar-refractivity contribution < 1.29 is 4.79 Å². The van der Waals surface area contributed by atoms with Gasteiger partial charge >= 0.3 is 0 Å². The molecule has 0 saturated carbocycles. The van der Waals surface area contributed by atoms with E-state index in [1.807, 2.05) is 11.4 Å². The minimum atomic E-state index is -0.0654. The van der Waals surface area contributed by atoms with Crippen molar-refractivity contribution in [3.05, 3.63) is 27.8 Å². The average Bonchev–Trinajstić information content (AvgIpc) is 3.15. The van der Waals surface area contributed by atoms with Crippen molar-refractivity contribution >= 4 is 43.3 Å². The normalized spacial score (nSPS) is 28.1. The highest BCUT2D eigenvalue weighted by Crippen LogP contribution is 2.31. The summed E-state index contributed by atoms with van der Waals surface area (Å²) in [7, 11) is 0. The second-order valence-corrected chi connectivity index (χ2v) is 7.28. The first-order valence-electron chi connectivity index (χ1n) is 6.80. The van der Waals surface area contributed by atoms with E-state index in [-0.39, 0.29) is 11.9 Å². The van der Waals surface area contributed by atoms with E-state index >= 15 is 0 Å². The van der Waals surface area contributed by atoms with Crippen LogP contribution in [0.3, 0.4) is 0 Å². The summed E-state index contributed by atoms with van der Waals surface area (Å²) >= 11 is 5.13. The van der Waals surface area contributed by atoms with E-state index in [0.29, 0.717) is 17.8 Å². The number of nitrogens with one attached hydrogen (secondary N) is 2. The molecule has 20 heavy (non-hydrogen) atoms. The summed E-state index contributed by atoms with van der Waals surface area (Å²) in [6.07, 6.45) is 5.22. The van der Waals surface area contributed by atoms with Crippen LogP contribution >= 0.6 is 27.3 Å². The second-order valence-electron chi connectivity index (χ2n) is 5.51. The molecule has 4 nitrogen and oxygen atoms in total. The van der Waals surface area contributed by atoms with Crippen LogP contribution in [-0.2, 0) is 0 Å². The number of hydrogen-bond acceptors (Lipinski definition) is 4. The van der Waals surface area contributed by atoms with Gasteiger partial charge in [0, 0.05) is 39.6 Å². The largest absolute Gasteiger partial charge is 0.346 e. The first kappa shape index (κ1) is 12.7. The van der Waals surface area contributed by atoms with Gasteiger partial charge in [-0.3, -0.25) is 4.79 Å². The lowest BCUT2D eigenvalue weighted by atomic mass is 9.95. The van der Waals surface area contributed by atoms with Crippen LogP contribution in [0.2, 0.25) is 0 Å². The third-order valence-electron chi connectivity index (χ3n) is 4.26. The highest BCUT2D eigenvalue weighted by molar-refractivity contribution is 9.10. The monoisotopic (exact) mass is 351 g/mol. The maximum atomic E-state index is 12.3. The van der Waals surface area contributed by atoms with Gasteiger partial charge in [0.2, 0.25) is 0 Å². The summed E-state index contributed by atoms with van der Waals surface area (Å²) in [5.41, 5.74) is 0.499. The Bertz CT molecular complexity index is 686. The van der Waals surface area contributed by atoms with Crippen LogP contribution in [0.4, 0.5) is 0 Å². The molecule has 2 aliphatic rings. The topological polar surface area (TPSA) is 54.0 Å². The van der Waals surface area contributed by atoms with E-state index in [1.165, 1.54) is 6.42 Å². The molecule has 3 atom stereocenters. The maximum absolute atomic E-state index is 12.3. The number of thiophene rings is 1. The molecule has 2 bridgehead atoms. The van der Waals surface area contributed by atoms with Crippen LogP contribution in [0.5, 0.6) is 0 Å². The highest BCUT2D eigenvalue weighted by Gasteiger charge is 2.39. The molecule has 4 heterocycles. The van der Waals surface area contributed by atoms with E-state index in [2.05, 4.69) is 31.5 Å². The number of fused-ring (bicyclic) bond motifs is 3. The third-order valence-corrected chi connectivity index (χ3v) is 6.16. The lowest BCUT2D eigenvalue weighted by Crippen LogP contribution is -2.43. The summed E-state index contributed by atoms with van der Waals surface area (Å²) in [5, 5.41) is 9.73. The fourth-order valence-electron chi connectivity index (χ4n) is 3.25. The number of amides is 1. The van der Waals surface area contributed by atoms with Crippen LogP contribution in [0.1, 0.15) is 29.8 Å². The van der Waals surface area contributed by atoms with E-state index in [4.69, 9.17) is 0 Å². The van der Waals surface area contributed by atoms with E-state index in [0.717, 1.165) is 27.4 Å². The van der Waals surface area contributed by atoms with Gasteiger partial charge in [-0.25, -0.2) is 4.98 Å². The lowest BCUT2D eigenvalue weighted by Gasteiger charge is -2.21. The predicted molar refractivity (Wildman–Crippen MR) is 83.1 cm³/mol. The second kappa shape index (κ2) is 4.79. The molecule has 0 aromatic carbocycles. The van der Waals surface area contributed by atoms with E-state index in [1.54, 1.807) is 17.5 Å². The fourth-order valence-corrected chi connectivity index (χ4v) is 4.76. The van der Waals surface area contributed by atoms with Gasteiger partial charge in [0.1, 0.15) is 5.69 Å². The van der Waals surface area contributed by atoms with Gasteiger partial charge in [-0.1, -0.05) is 0 Å². The summed E-state index contributed by atoms with van der Waals surface area (Å²) in [5.74, 6) is -0.0654. The maximum Gasteiger partial charge on any atom is 0.270 e. The molecule has 0 radical (unpaired) electrons. The standard InChI is InChI=1S/C14H14BrN3OS/c15-9-6-20-13-5-16-12(4-8(9)13)14(19)18-11-3-7-1-2-10(11)17-7/h4-7,10-11,17H,1-3H2,(H,18,19)/t7?,10?,11-/m1/s1. The lowest BCUT2D eigenvalue weighted by molar-refractivity contribution is 0.0926. The third kappa shape index (κ3) is 2.06. The highest BCUT2D eigenvalue weighted by atomic mass is 79.9. The Morgan fingerprint density at radius 2 is 2.40 bits per heavy atom. The Balaban J connectivity index is 1.56. The molecule has 1 amide bonds. The number of carbonyl (C=O) groups excluding carboxylic acids is 1. The molecule has 104 valence electrons. The summed E-state index contributed by atoms with van der Waals surface area (Å²) in [4.78, 5) is 16.6. The molecule has 2 unspecified atom stereocenters. The van der Waals surface area contributed by atoms with Gasteiger partial charge in [-0.2, -0.15) is 0 Å². The van der Waals surface area contributed by atoms with Crippen molar-refractivity contribution in [3.63, 3.8) is 0 Å². The van der Waals surface area contributed by atoms with Gasteiger partial charge < -0.3 is 10.6 Å². The molecule has 0 spiro atoms. The van der Waals surface area contributed by atoms with Crippen molar-refractivity contribution in [1.29, 1.82) is 0 Å². The van der Waals surface area contributed by atoms with Crippen molar-refractivity contribution in [2.24, 2.45) is 0 Å². The summed E-state index contributed by atoms with van der Waals surface area (Å²) < 4.78 is 2.12. The molecular formula is C14H14BrN3OS. The Morgan fingerprint density at radius 3 is 3.15 bits per heavy atom. The van der Waals surface area contributed by atoms with Crippen molar-refractivity contribution in [1.82, 2.24) is 15.6 Å². The molecular weight excluding hydrogens is 338 g/mol. The smallest absolute Gasteiger partial charge is 0.270 e. The zero-order chi connectivity index (χ0) is 13.7. The van der Waals surface area contributed by atoms with E-state index in [9.17, 15) is 4.79 Å². The van der Waals surface area contributed by atoms with Crippen LogP contribution in [0.25, 0.3) is 10.1 Å². The molecule has 6 heteroatoms. The molecule has 4 rings (SSSR count). The summed E-state index contributed by atoms with van der Waals surface area (Å²) in [6.45, 7) is 0. The van der Waals surface area contributed by atoms with Gasteiger partial charge in [-0.15, -0.1) is 11.3 Å². The van der Waals surface area contributed by atoms with Crippen LogP contribution in [-0.4, -0.2) is 29.0 Å². The molecule has 2 saturated heterocycles. The average molecular weight is 352 g/mol. The van der Waals surface area contributed by atoms with Gasteiger partial charge in [0.05, 0.1) is 4.70 Å². The zero-order valence-electron chi connectivity index (χ0n) is 10.7. The van der Waals surface area contributed by atoms with Crippen LogP contribution in [0, 0.1) is 0 Å². The van der Waals surface area contributed by atoms with E-state index < -0.39 is 0 Å². The molecule has 2 N–H and O–H groups in total. The van der Waals surface area contributed by atoms with Gasteiger partial charge in [0.25, 0.3) is 5.91 Å². The molecule has 0 aliphatic carbocycles. The van der Waals surface area contributed by atoms with Gasteiger partial charge in [0.15, 0.2) is 0 Å². The van der Waals surface area contributed by atoms with Crippen LogP contribution < -0.4 is 10.6 Å². The van der Waals surface area contributed by atoms with Crippen molar-refractivity contribution in [3.8, 4) is 0 Å².